The maximum Gasteiger partial charge on any atom is 0.251 e. The lowest BCUT2D eigenvalue weighted by Crippen LogP contribution is -2.47. The fourth-order valence-corrected chi connectivity index (χ4v) is 3.42. The number of rotatable bonds is 2. The molecule has 2 aliphatic rings. The Labute approximate surface area is 112 Å². The number of nitrogens with zero attached hydrogens (tertiary/aromatic N) is 1. The van der Waals surface area contributed by atoms with Crippen LogP contribution in [0, 0.1) is 0 Å². The van der Waals surface area contributed by atoms with E-state index >= 15 is 0 Å². The molecule has 0 bridgehead atoms. The highest BCUT2D eigenvalue weighted by Gasteiger charge is 2.31. The first-order valence-electron chi connectivity index (χ1n) is 6.81. The van der Waals surface area contributed by atoms with E-state index in [0.717, 1.165) is 50.6 Å². The highest BCUT2D eigenvalue weighted by molar-refractivity contribution is 9.09. The maximum atomic E-state index is 12.5. The van der Waals surface area contributed by atoms with E-state index in [2.05, 4.69) is 20.8 Å². The lowest BCUT2D eigenvalue weighted by Gasteiger charge is -2.33. The van der Waals surface area contributed by atoms with Crippen molar-refractivity contribution in [3.63, 3.8) is 0 Å². The van der Waals surface area contributed by atoms with E-state index in [9.17, 15) is 4.79 Å². The monoisotopic (exact) mass is 303 g/mol. The van der Waals surface area contributed by atoms with E-state index in [-0.39, 0.29) is 12.0 Å². The van der Waals surface area contributed by atoms with Gasteiger partial charge in [-0.1, -0.05) is 28.8 Å². The van der Waals surface area contributed by atoms with Gasteiger partial charge in [0.15, 0.2) is 0 Å². The molecule has 2 rings (SSSR count). The standard InChI is InChI=1S/C13H22BrNO2/c14-10-11-6-2-1-4-8-15(11)13(16)12-7-3-5-9-17-12/h11-12H,1-10H2. The molecule has 0 aromatic rings. The van der Waals surface area contributed by atoms with Crippen LogP contribution in [-0.2, 0) is 9.53 Å². The molecule has 2 unspecified atom stereocenters. The molecule has 2 saturated heterocycles. The van der Waals surface area contributed by atoms with Crippen molar-refractivity contribution in [1.82, 2.24) is 4.90 Å². The van der Waals surface area contributed by atoms with E-state index in [1.807, 2.05) is 0 Å². The second-order valence-corrected chi connectivity index (χ2v) is 5.69. The summed E-state index contributed by atoms with van der Waals surface area (Å²) in [6, 6.07) is 0.371. The predicted octanol–water partition coefficient (Wildman–Crippen LogP) is 2.72. The number of ether oxygens (including phenoxy) is 1. The van der Waals surface area contributed by atoms with E-state index in [1.165, 1.54) is 12.8 Å². The molecule has 17 heavy (non-hydrogen) atoms. The Hall–Kier alpha value is -0.0900. The van der Waals surface area contributed by atoms with E-state index < -0.39 is 0 Å². The van der Waals surface area contributed by atoms with Crippen LogP contribution in [0.2, 0.25) is 0 Å². The number of carbonyl (C=O) groups excluding carboxylic acids is 1. The summed E-state index contributed by atoms with van der Waals surface area (Å²) < 4.78 is 5.62. The fourth-order valence-electron chi connectivity index (χ4n) is 2.75. The Balaban J connectivity index is 1.98. The number of halogens is 1. The van der Waals surface area contributed by atoms with Gasteiger partial charge in [0.1, 0.15) is 6.10 Å². The van der Waals surface area contributed by atoms with Gasteiger partial charge in [-0.15, -0.1) is 0 Å². The average Bonchev–Trinajstić information content (AvgIpc) is 2.64. The molecular formula is C13H22BrNO2. The summed E-state index contributed by atoms with van der Waals surface area (Å²) in [4.78, 5) is 14.5. The van der Waals surface area contributed by atoms with Gasteiger partial charge in [-0.2, -0.15) is 0 Å². The number of hydrogen-bond donors (Lipinski definition) is 0. The number of alkyl halides is 1. The third-order valence-electron chi connectivity index (χ3n) is 3.79. The molecule has 3 nitrogen and oxygen atoms in total. The van der Waals surface area contributed by atoms with Gasteiger partial charge < -0.3 is 9.64 Å². The first-order valence-corrected chi connectivity index (χ1v) is 7.93. The normalized spacial score (nSPS) is 31.0. The molecule has 98 valence electrons. The molecule has 1 amide bonds. The van der Waals surface area contributed by atoms with Crippen molar-refractivity contribution in [2.45, 2.75) is 57.1 Å². The maximum absolute atomic E-state index is 12.5. The van der Waals surface area contributed by atoms with Gasteiger partial charge in [-0.25, -0.2) is 0 Å². The minimum Gasteiger partial charge on any atom is -0.368 e. The predicted molar refractivity (Wildman–Crippen MR) is 71.4 cm³/mol. The van der Waals surface area contributed by atoms with E-state index in [4.69, 9.17) is 4.74 Å². The van der Waals surface area contributed by atoms with Gasteiger partial charge >= 0.3 is 0 Å². The van der Waals surface area contributed by atoms with Gasteiger partial charge in [0.2, 0.25) is 0 Å². The zero-order valence-electron chi connectivity index (χ0n) is 10.4. The number of likely N-dealkylation sites (tertiary alicyclic amines) is 1. The Morgan fingerprint density at radius 1 is 1.18 bits per heavy atom. The summed E-state index contributed by atoms with van der Waals surface area (Å²) in [5.74, 6) is 0.232. The fraction of sp³-hybridized carbons (Fsp3) is 0.923. The van der Waals surface area contributed by atoms with Crippen LogP contribution in [0.4, 0.5) is 0 Å². The van der Waals surface area contributed by atoms with Crippen molar-refractivity contribution in [1.29, 1.82) is 0 Å². The van der Waals surface area contributed by atoms with Gasteiger partial charge in [0, 0.05) is 24.5 Å². The topological polar surface area (TPSA) is 29.5 Å². The van der Waals surface area contributed by atoms with Gasteiger partial charge in [-0.3, -0.25) is 4.79 Å². The molecule has 0 N–H and O–H groups in total. The number of carbonyl (C=O) groups is 1. The minimum atomic E-state index is -0.164. The van der Waals surface area contributed by atoms with Crippen LogP contribution in [0.3, 0.4) is 0 Å². The molecule has 0 aromatic carbocycles. The summed E-state index contributed by atoms with van der Waals surface area (Å²) >= 11 is 3.54. The highest BCUT2D eigenvalue weighted by atomic mass is 79.9. The molecule has 2 fully saturated rings. The summed E-state index contributed by atoms with van der Waals surface area (Å²) in [7, 11) is 0. The van der Waals surface area contributed by atoms with E-state index in [0.29, 0.717) is 6.04 Å². The van der Waals surface area contributed by atoms with Crippen LogP contribution in [0.5, 0.6) is 0 Å². The first-order chi connectivity index (χ1) is 8.33. The lowest BCUT2D eigenvalue weighted by molar-refractivity contribution is -0.148. The number of amides is 1. The molecule has 0 aromatic heterocycles. The molecular weight excluding hydrogens is 282 g/mol. The van der Waals surface area contributed by atoms with Crippen molar-refractivity contribution in [3.05, 3.63) is 0 Å². The minimum absolute atomic E-state index is 0.164. The lowest BCUT2D eigenvalue weighted by atomic mass is 10.1. The Bertz CT molecular complexity index is 254. The van der Waals surface area contributed by atoms with Crippen LogP contribution >= 0.6 is 15.9 Å². The average molecular weight is 304 g/mol. The summed E-state index contributed by atoms with van der Waals surface area (Å²) in [5, 5.41) is 0.894. The molecule has 0 saturated carbocycles. The summed E-state index contributed by atoms with van der Waals surface area (Å²) in [5.41, 5.74) is 0. The highest BCUT2D eigenvalue weighted by Crippen LogP contribution is 2.22. The van der Waals surface area contributed by atoms with Crippen molar-refractivity contribution in [2.75, 3.05) is 18.5 Å². The molecule has 2 atom stereocenters. The van der Waals surface area contributed by atoms with Crippen LogP contribution in [0.25, 0.3) is 0 Å². The third kappa shape index (κ3) is 3.44. The van der Waals surface area contributed by atoms with Crippen LogP contribution in [0.15, 0.2) is 0 Å². The first kappa shape index (κ1) is 13.3. The molecule has 0 radical (unpaired) electrons. The largest absolute Gasteiger partial charge is 0.368 e. The molecule has 4 heteroatoms. The second kappa shape index (κ2) is 6.74. The second-order valence-electron chi connectivity index (χ2n) is 5.04. The van der Waals surface area contributed by atoms with Crippen molar-refractivity contribution >= 4 is 21.8 Å². The quantitative estimate of drug-likeness (QED) is 0.734. The zero-order valence-corrected chi connectivity index (χ0v) is 12.0. The van der Waals surface area contributed by atoms with E-state index in [1.54, 1.807) is 0 Å². The van der Waals surface area contributed by atoms with Crippen molar-refractivity contribution < 1.29 is 9.53 Å². The van der Waals surface area contributed by atoms with Crippen LogP contribution in [-0.4, -0.2) is 41.4 Å². The third-order valence-corrected chi connectivity index (χ3v) is 4.54. The molecule has 0 spiro atoms. The Morgan fingerprint density at radius 3 is 2.71 bits per heavy atom. The Morgan fingerprint density at radius 2 is 2.00 bits per heavy atom. The molecule has 2 heterocycles. The van der Waals surface area contributed by atoms with Crippen LogP contribution in [0.1, 0.15) is 44.9 Å². The van der Waals surface area contributed by atoms with Gasteiger partial charge in [-0.05, 0) is 32.1 Å². The Kier molecular flexibility index (Phi) is 5.29. The summed E-state index contributed by atoms with van der Waals surface area (Å²) in [6.07, 6.45) is 7.73. The molecule has 2 aliphatic heterocycles. The van der Waals surface area contributed by atoms with Crippen molar-refractivity contribution in [3.8, 4) is 0 Å². The zero-order chi connectivity index (χ0) is 12.1. The summed E-state index contributed by atoms with van der Waals surface area (Å²) in [6.45, 7) is 1.66. The van der Waals surface area contributed by atoms with Crippen LogP contribution < -0.4 is 0 Å². The van der Waals surface area contributed by atoms with Crippen molar-refractivity contribution in [2.24, 2.45) is 0 Å². The smallest absolute Gasteiger partial charge is 0.251 e. The van der Waals surface area contributed by atoms with Gasteiger partial charge in [0.25, 0.3) is 5.91 Å². The number of hydrogen-bond acceptors (Lipinski definition) is 2. The molecule has 0 aliphatic carbocycles. The SMILES string of the molecule is O=C(C1CCCCO1)N1CCCCCC1CBr. The van der Waals surface area contributed by atoms with Gasteiger partial charge in [0.05, 0.1) is 0 Å².